The molecule has 1 aromatic carbocycles. The molecule has 0 amide bonds. The summed E-state index contributed by atoms with van der Waals surface area (Å²) in [6, 6.07) is 4.26. The Hall–Kier alpha value is -1.97. The minimum atomic E-state index is -1.51. The van der Waals surface area contributed by atoms with Crippen molar-refractivity contribution >= 4 is 17.8 Å². The molecule has 0 aromatic heterocycles. The first-order valence-electron chi connectivity index (χ1n) is 4.22. The predicted molar refractivity (Wildman–Crippen MR) is 52.8 cm³/mol. The number of benzene rings is 1. The van der Waals surface area contributed by atoms with E-state index >= 15 is 0 Å². The van der Waals surface area contributed by atoms with Crippen molar-refractivity contribution in [2.45, 2.75) is 6.92 Å². The Morgan fingerprint density at radius 2 is 2.07 bits per heavy atom. The molecular weight excluding hydrogens is 199 g/mol. The van der Waals surface area contributed by atoms with Gasteiger partial charge in [0.1, 0.15) is 5.82 Å². The highest BCUT2D eigenvalue weighted by atomic mass is 19.1. The summed E-state index contributed by atoms with van der Waals surface area (Å²) in [6.45, 7) is 1.59. The monoisotopic (exact) mass is 208 g/mol. The number of halogens is 1. The maximum Gasteiger partial charge on any atom is 0.376 e. The number of hydrogen-bond acceptors (Lipinski definition) is 2. The predicted octanol–water partition coefficient (Wildman–Crippen LogP) is 1.80. The molecule has 1 rings (SSSR count). The van der Waals surface area contributed by atoms with E-state index < -0.39 is 11.8 Å². The minimum absolute atomic E-state index is 0.336. The third-order valence-corrected chi connectivity index (χ3v) is 1.82. The van der Waals surface area contributed by atoms with E-state index in [0.29, 0.717) is 11.1 Å². The summed E-state index contributed by atoms with van der Waals surface area (Å²) in [5.74, 6) is -2.85. The topological polar surface area (TPSA) is 54.4 Å². The van der Waals surface area contributed by atoms with Crippen LogP contribution in [0, 0.1) is 12.7 Å². The van der Waals surface area contributed by atoms with Gasteiger partial charge in [-0.2, -0.15) is 0 Å². The van der Waals surface area contributed by atoms with Crippen molar-refractivity contribution in [3.8, 4) is 0 Å². The minimum Gasteiger partial charge on any atom is -0.475 e. The van der Waals surface area contributed by atoms with Crippen LogP contribution in [0.5, 0.6) is 0 Å². The SMILES string of the molecule is Cc1cc(/C=C/C(=O)C(=O)O)ccc1F. The molecule has 15 heavy (non-hydrogen) atoms. The molecule has 0 unspecified atom stereocenters. The molecular formula is C11H9FO3. The van der Waals surface area contributed by atoms with Crippen molar-refractivity contribution in [1.82, 2.24) is 0 Å². The Morgan fingerprint density at radius 1 is 1.40 bits per heavy atom. The zero-order valence-corrected chi connectivity index (χ0v) is 8.03. The molecule has 0 radical (unpaired) electrons. The van der Waals surface area contributed by atoms with E-state index in [0.717, 1.165) is 6.08 Å². The molecule has 1 aromatic rings. The van der Waals surface area contributed by atoms with Gasteiger partial charge in [0, 0.05) is 0 Å². The largest absolute Gasteiger partial charge is 0.475 e. The number of carboxylic acids is 1. The van der Waals surface area contributed by atoms with Crippen LogP contribution >= 0.6 is 0 Å². The molecule has 0 saturated carbocycles. The van der Waals surface area contributed by atoms with E-state index in [2.05, 4.69) is 0 Å². The van der Waals surface area contributed by atoms with Crippen LogP contribution in [0.3, 0.4) is 0 Å². The van der Waals surface area contributed by atoms with Gasteiger partial charge in [0.15, 0.2) is 0 Å². The normalized spacial score (nSPS) is 10.5. The average molecular weight is 208 g/mol. The smallest absolute Gasteiger partial charge is 0.376 e. The maximum absolute atomic E-state index is 12.8. The fourth-order valence-corrected chi connectivity index (χ4v) is 1.01. The zero-order valence-electron chi connectivity index (χ0n) is 8.03. The van der Waals surface area contributed by atoms with Gasteiger partial charge in [-0.05, 0) is 36.3 Å². The second-order valence-electron chi connectivity index (χ2n) is 3.01. The summed E-state index contributed by atoms with van der Waals surface area (Å²) < 4.78 is 12.8. The van der Waals surface area contributed by atoms with Gasteiger partial charge in [0.2, 0.25) is 0 Å². The van der Waals surface area contributed by atoms with Crippen LogP contribution in [0.25, 0.3) is 6.08 Å². The van der Waals surface area contributed by atoms with Crippen LogP contribution < -0.4 is 0 Å². The van der Waals surface area contributed by atoms with Crippen LogP contribution in [0.15, 0.2) is 24.3 Å². The van der Waals surface area contributed by atoms with Gasteiger partial charge in [0.25, 0.3) is 5.78 Å². The summed E-state index contributed by atoms with van der Waals surface area (Å²) in [4.78, 5) is 20.9. The van der Waals surface area contributed by atoms with Crippen LogP contribution in [0.2, 0.25) is 0 Å². The fourth-order valence-electron chi connectivity index (χ4n) is 1.01. The molecule has 0 saturated heterocycles. The van der Waals surface area contributed by atoms with Gasteiger partial charge in [-0.15, -0.1) is 0 Å². The molecule has 0 bridgehead atoms. The average Bonchev–Trinajstić information content (AvgIpc) is 2.19. The molecule has 0 fully saturated rings. The molecule has 0 heterocycles. The van der Waals surface area contributed by atoms with Crippen LogP contribution in [-0.4, -0.2) is 16.9 Å². The Morgan fingerprint density at radius 3 is 2.60 bits per heavy atom. The van der Waals surface area contributed by atoms with Gasteiger partial charge >= 0.3 is 5.97 Å². The molecule has 0 aliphatic heterocycles. The summed E-state index contributed by atoms with van der Waals surface area (Å²) in [5.41, 5.74) is 1.03. The first-order chi connectivity index (χ1) is 7.00. The Bertz CT molecular complexity index is 435. The summed E-state index contributed by atoms with van der Waals surface area (Å²) in [7, 11) is 0. The van der Waals surface area contributed by atoms with E-state index in [1.165, 1.54) is 24.3 Å². The number of ketones is 1. The Kier molecular flexibility index (Phi) is 3.33. The lowest BCUT2D eigenvalue weighted by molar-refractivity contribution is -0.146. The highest BCUT2D eigenvalue weighted by Gasteiger charge is 2.05. The van der Waals surface area contributed by atoms with Crippen molar-refractivity contribution in [3.63, 3.8) is 0 Å². The number of aliphatic carboxylic acids is 1. The number of hydrogen-bond donors (Lipinski definition) is 1. The summed E-state index contributed by atoms with van der Waals surface area (Å²) >= 11 is 0. The molecule has 0 aliphatic carbocycles. The van der Waals surface area contributed by atoms with E-state index in [9.17, 15) is 14.0 Å². The highest BCUT2D eigenvalue weighted by molar-refractivity contribution is 6.38. The standard InChI is InChI=1S/C11H9FO3/c1-7-6-8(2-4-9(7)12)3-5-10(13)11(14)15/h2-6H,1H3,(H,14,15)/b5-3+. The van der Waals surface area contributed by atoms with Crippen molar-refractivity contribution in [2.24, 2.45) is 0 Å². The third-order valence-electron chi connectivity index (χ3n) is 1.82. The molecule has 4 heteroatoms. The van der Waals surface area contributed by atoms with E-state index in [1.54, 1.807) is 6.92 Å². The van der Waals surface area contributed by atoms with Crippen molar-refractivity contribution in [2.75, 3.05) is 0 Å². The molecule has 1 N–H and O–H groups in total. The number of carboxylic acid groups (broad SMARTS) is 1. The van der Waals surface area contributed by atoms with Gasteiger partial charge < -0.3 is 5.11 Å². The molecule has 0 aliphatic rings. The van der Waals surface area contributed by atoms with Gasteiger partial charge in [-0.1, -0.05) is 12.1 Å². The van der Waals surface area contributed by atoms with Gasteiger partial charge in [-0.3, -0.25) is 4.79 Å². The van der Waals surface area contributed by atoms with E-state index in [4.69, 9.17) is 5.11 Å². The van der Waals surface area contributed by atoms with Crippen LogP contribution in [-0.2, 0) is 9.59 Å². The molecule has 78 valence electrons. The lowest BCUT2D eigenvalue weighted by Gasteiger charge is -1.97. The van der Waals surface area contributed by atoms with Crippen molar-refractivity contribution in [3.05, 3.63) is 41.2 Å². The van der Waals surface area contributed by atoms with E-state index in [-0.39, 0.29) is 5.82 Å². The van der Waals surface area contributed by atoms with Crippen molar-refractivity contribution in [1.29, 1.82) is 0 Å². The lowest BCUT2D eigenvalue weighted by atomic mass is 10.1. The molecule has 0 spiro atoms. The number of rotatable bonds is 3. The molecule has 0 atom stereocenters. The van der Waals surface area contributed by atoms with Crippen molar-refractivity contribution < 1.29 is 19.1 Å². The van der Waals surface area contributed by atoms with Gasteiger partial charge in [-0.25, -0.2) is 9.18 Å². The number of carbonyl (C=O) groups excluding carboxylic acids is 1. The Labute approximate surface area is 85.8 Å². The van der Waals surface area contributed by atoms with E-state index in [1.807, 2.05) is 0 Å². The quantitative estimate of drug-likeness (QED) is 0.608. The Balaban J connectivity index is 2.86. The highest BCUT2D eigenvalue weighted by Crippen LogP contribution is 2.10. The maximum atomic E-state index is 12.8. The second-order valence-corrected chi connectivity index (χ2v) is 3.01. The number of aryl methyl sites for hydroxylation is 1. The fraction of sp³-hybridized carbons (Fsp3) is 0.0909. The number of carbonyl (C=O) groups is 2. The van der Waals surface area contributed by atoms with Gasteiger partial charge in [0.05, 0.1) is 0 Å². The van der Waals surface area contributed by atoms with Crippen LogP contribution in [0.1, 0.15) is 11.1 Å². The first-order valence-corrected chi connectivity index (χ1v) is 4.22. The second kappa shape index (κ2) is 4.50. The third kappa shape index (κ3) is 3.02. The summed E-state index contributed by atoms with van der Waals surface area (Å²) in [5, 5.41) is 8.30. The molecule has 3 nitrogen and oxygen atoms in total. The summed E-state index contributed by atoms with van der Waals surface area (Å²) in [6.07, 6.45) is 2.28. The lowest BCUT2D eigenvalue weighted by Crippen LogP contribution is -2.08. The zero-order chi connectivity index (χ0) is 11.4. The first kappa shape index (κ1) is 11.1. The van der Waals surface area contributed by atoms with Crippen LogP contribution in [0.4, 0.5) is 4.39 Å².